The van der Waals surface area contributed by atoms with Crippen molar-refractivity contribution in [2.45, 2.75) is 44.1 Å². The number of carbonyl (C=O) groups excluding carboxylic acids is 1. The van der Waals surface area contributed by atoms with Gasteiger partial charge in [0.15, 0.2) is 0 Å². The molecule has 4 heterocycles. The number of para-hydroxylation sites is 1. The van der Waals surface area contributed by atoms with Crippen LogP contribution in [-0.4, -0.2) is 42.1 Å². The van der Waals surface area contributed by atoms with E-state index in [-0.39, 0.29) is 24.4 Å². The summed E-state index contributed by atoms with van der Waals surface area (Å²) in [5.41, 5.74) is 3.11. The minimum absolute atomic E-state index is 0. The highest BCUT2D eigenvalue weighted by molar-refractivity contribution is 5.91. The van der Waals surface area contributed by atoms with Gasteiger partial charge in [0.25, 0.3) is 0 Å². The number of piperidine rings is 2. The largest absolute Gasteiger partial charge is 0.468 e. The third kappa shape index (κ3) is 2.15. The Bertz CT molecular complexity index is 848. The third-order valence-electron chi connectivity index (χ3n) is 7.07. The first-order valence-corrected chi connectivity index (χ1v) is 9.61. The van der Waals surface area contributed by atoms with Crippen LogP contribution in [0.25, 0.3) is 10.9 Å². The Balaban J connectivity index is 0.00000168. The van der Waals surface area contributed by atoms with Gasteiger partial charge in [0, 0.05) is 35.7 Å². The van der Waals surface area contributed by atoms with E-state index in [1.54, 1.807) is 7.11 Å². The molecule has 4 bridgehead atoms. The van der Waals surface area contributed by atoms with Crippen LogP contribution in [0.5, 0.6) is 0 Å². The van der Waals surface area contributed by atoms with Gasteiger partial charge in [0.1, 0.15) is 5.41 Å². The maximum absolute atomic E-state index is 13.3. The lowest BCUT2D eigenvalue weighted by atomic mass is 9.56. The van der Waals surface area contributed by atoms with E-state index >= 15 is 0 Å². The number of fused-ring (bicyclic) bond motifs is 4. The summed E-state index contributed by atoms with van der Waals surface area (Å²) in [4.78, 5) is 19.5. The summed E-state index contributed by atoms with van der Waals surface area (Å²) >= 11 is 0. The Labute approximate surface area is 160 Å². The first-order chi connectivity index (χ1) is 12.2. The van der Waals surface area contributed by atoms with E-state index in [2.05, 4.69) is 41.1 Å². The lowest BCUT2D eigenvalue weighted by Gasteiger charge is -2.57. The number of methoxy groups -OCH3 is 1. The molecule has 4 unspecified atom stereocenters. The maximum Gasteiger partial charge on any atom is 0.319 e. The molecule has 3 aliphatic heterocycles. The first kappa shape index (κ1) is 17.9. The van der Waals surface area contributed by atoms with E-state index in [9.17, 15) is 4.79 Å². The predicted molar refractivity (Wildman–Crippen MR) is 105 cm³/mol. The van der Waals surface area contributed by atoms with Crippen molar-refractivity contribution < 1.29 is 9.53 Å². The van der Waals surface area contributed by atoms with Crippen molar-refractivity contribution >= 4 is 29.3 Å². The molecule has 4 aliphatic rings. The summed E-state index contributed by atoms with van der Waals surface area (Å²) in [5.74, 6) is 1.12. The average molecular weight is 375 g/mol. The van der Waals surface area contributed by atoms with E-state index in [0.717, 1.165) is 43.6 Å². The number of hydrogen-bond acceptors (Lipinski definition) is 3. The van der Waals surface area contributed by atoms with E-state index < -0.39 is 5.41 Å². The summed E-state index contributed by atoms with van der Waals surface area (Å²) in [6.45, 7) is 4.46. The van der Waals surface area contributed by atoms with Gasteiger partial charge in [0.2, 0.25) is 0 Å². The number of ether oxygens (including phenoxy) is 1. The molecule has 1 aliphatic carbocycles. The van der Waals surface area contributed by atoms with Gasteiger partial charge in [-0.2, -0.15) is 0 Å². The Hall–Kier alpha value is -1.52. The molecule has 140 valence electrons. The fraction of sp³-hybridized carbons (Fsp3) is 0.571. The molecule has 2 saturated heterocycles. The number of nitrogens with zero attached hydrogens (tertiary/aromatic N) is 1. The van der Waals surface area contributed by atoms with Crippen molar-refractivity contribution in [2.24, 2.45) is 11.8 Å². The van der Waals surface area contributed by atoms with E-state index in [0.29, 0.717) is 11.8 Å². The lowest BCUT2D eigenvalue weighted by Crippen LogP contribution is -2.67. The number of aromatic nitrogens is 1. The third-order valence-corrected chi connectivity index (χ3v) is 7.07. The van der Waals surface area contributed by atoms with Gasteiger partial charge < -0.3 is 9.72 Å². The van der Waals surface area contributed by atoms with Crippen LogP contribution >= 0.6 is 12.4 Å². The van der Waals surface area contributed by atoms with Gasteiger partial charge in [-0.3, -0.25) is 9.69 Å². The summed E-state index contributed by atoms with van der Waals surface area (Å²) in [6, 6.07) is 8.75. The van der Waals surface area contributed by atoms with Crippen molar-refractivity contribution in [1.29, 1.82) is 0 Å². The van der Waals surface area contributed by atoms with E-state index in [1.807, 2.05) is 0 Å². The quantitative estimate of drug-likeness (QED) is 0.815. The van der Waals surface area contributed by atoms with Gasteiger partial charge in [-0.05, 0) is 42.7 Å². The number of benzene rings is 1. The Kier molecular flexibility index (Phi) is 4.31. The van der Waals surface area contributed by atoms with Crippen molar-refractivity contribution in [1.82, 2.24) is 9.88 Å². The molecule has 6 rings (SSSR count). The van der Waals surface area contributed by atoms with Gasteiger partial charge in [-0.25, -0.2) is 0 Å². The van der Waals surface area contributed by atoms with Crippen LogP contribution < -0.4 is 0 Å². The summed E-state index contributed by atoms with van der Waals surface area (Å²) < 4.78 is 5.43. The monoisotopic (exact) mass is 374 g/mol. The molecular formula is C21H27ClN2O2. The minimum atomic E-state index is -0.526. The predicted octanol–water partition coefficient (Wildman–Crippen LogP) is 3.68. The zero-order valence-corrected chi connectivity index (χ0v) is 16.3. The number of hydrogen-bond donors (Lipinski definition) is 1. The van der Waals surface area contributed by atoms with Crippen LogP contribution in [0.1, 0.15) is 37.4 Å². The molecule has 4 nitrogen and oxygen atoms in total. The number of carbonyl (C=O) groups is 1. The zero-order valence-electron chi connectivity index (χ0n) is 15.5. The molecule has 1 N–H and O–H groups in total. The first-order valence-electron chi connectivity index (χ1n) is 9.61. The van der Waals surface area contributed by atoms with Gasteiger partial charge in [-0.1, -0.05) is 31.5 Å². The molecule has 0 radical (unpaired) electrons. The summed E-state index contributed by atoms with van der Waals surface area (Å²) in [7, 11) is 1.55. The number of H-pyrrole nitrogens is 1. The van der Waals surface area contributed by atoms with Gasteiger partial charge in [0.05, 0.1) is 7.11 Å². The van der Waals surface area contributed by atoms with Crippen LogP contribution in [-0.2, 0) is 21.4 Å². The standard InChI is InChI=1S/C21H26N2O2.ClH/c1-3-14-10-13-11-21(20(24)25-2)18-16(8-9-23(12-13)19(14)21)15-6-4-5-7-17(15)22-18;/h4-7,13-14,19,22H,3,8-12H2,1-2H3;1H/t13?,14-,19?,21?;/m0./s1. The van der Waals surface area contributed by atoms with Crippen molar-refractivity contribution in [2.75, 3.05) is 20.2 Å². The number of nitrogens with one attached hydrogen (secondary N) is 1. The molecule has 1 saturated carbocycles. The van der Waals surface area contributed by atoms with Crippen molar-refractivity contribution in [3.63, 3.8) is 0 Å². The highest BCUT2D eigenvalue weighted by Gasteiger charge is 2.62. The van der Waals surface area contributed by atoms with Crippen molar-refractivity contribution in [3.8, 4) is 0 Å². The topological polar surface area (TPSA) is 45.3 Å². The van der Waals surface area contributed by atoms with Crippen molar-refractivity contribution in [3.05, 3.63) is 35.5 Å². The normalized spacial score (nSPS) is 34.7. The number of rotatable bonds is 2. The second-order valence-corrected chi connectivity index (χ2v) is 8.15. The smallest absolute Gasteiger partial charge is 0.319 e. The Morgan fingerprint density at radius 1 is 1.38 bits per heavy atom. The second kappa shape index (κ2) is 6.28. The molecule has 1 aromatic carbocycles. The molecule has 2 aromatic rings. The minimum Gasteiger partial charge on any atom is -0.468 e. The highest BCUT2D eigenvalue weighted by Crippen LogP contribution is 2.55. The van der Waals surface area contributed by atoms with Crippen LogP contribution in [0.2, 0.25) is 0 Å². The van der Waals surface area contributed by atoms with Crippen LogP contribution in [0.4, 0.5) is 0 Å². The second-order valence-electron chi connectivity index (χ2n) is 8.15. The van der Waals surface area contributed by atoms with Crippen LogP contribution in [0.15, 0.2) is 24.3 Å². The van der Waals surface area contributed by atoms with Gasteiger partial charge in [-0.15, -0.1) is 12.4 Å². The van der Waals surface area contributed by atoms with E-state index in [4.69, 9.17) is 4.74 Å². The Morgan fingerprint density at radius 2 is 2.19 bits per heavy atom. The molecule has 26 heavy (non-hydrogen) atoms. The fourth-order valence-corrected chi connectivity index (χ4v) is 6.27. The zero-order chi connectivity index (χ0) is 17.2. The SMILES string of the molecule is CC[C@H]1CC2CN3CCc4c([nH]c5ccccc45)C(C(=O)OC)(C2)C13.Cl. The molecule has 3 fully saturated rings. The maximum atomic E-state index is 13.3. The Morgan fingerprint density at radius 3 is 2.96 bits per heavy atom. The molecule has 0 spiro atoms. The molecule has 0 amide bonds. The van der Waals surface area contributed by atoms with Crippen LogP contribution in [0.3, 0.4) is 0 Å². The summed E-state index contributed by atoms with van der Waals surface area (Å²) in [5, 5.41) is 1.28. The number of aromatic amines is 1. The van der Waals surface area contributed by atoms with E-state index in [1.165, 1.54) is 17.4 Å². The number of esters is 1. The summed E-state index contributed by atoms with van der Waals surface area (Å²) in [6.07, 6.45) is 4.33. The lowest BCUT2D eigenvalue weighted by molar-refractivity contribution is -0.162. The van der Waals surface area contributed by atoms with Gasteiger partial charge >= 0.3 is 5.97 Å². The molecule has 1 aromatic heterocycles. The fourth-order valence-electron chi connectivity index (χ4n) is 6.27. The van der Waals surface area contributed by atoms with Crippen LogP contribution in [0, 0.1) is 11.8 Å². The molecular weight excluding hydrogens is 348 g/mol. The highest BCUT2D eigenvalue weighted by atomic mass is 35.5. The molecule has 5 heteroatoms. The number of halogens is 1. The molecule has 5 atom stereocenters. The average Bonchev–Trinajstić information content (AvgIpc) is 3.00.